The van der Waals surface area contributed by atoms with Crippen molar-refractivity contribution in [2.24, 2.45) is 0 Å². The number of hydrogen-bond acceptors (Lipinski definition) is 4. The number of nitriles is 1. The van der Waals surface area contributed by atoms with E-state index in [0.29, 0.717) is 6.54 Å². The topological polar surface area (TPSA) is 65.4 Å². The lowest BCUT2D eigenvalue weighted by Gasteiger charge is -2.35. The monoisotopic (exact) mass is 293 g/mol. The Hall–Kier alpha value is -1.12. The van der Waals surface area contributed by atoms with E-state index < -0.39 is 5.54 Å². The lowest BCUT2D eigenvalue weighted by Crippen LogP contribution is -2.53. The molecule has 0 bridgehead atoms. The first-order valence-corrected chi connectivity index (χ1v) is 8.13. The van der Waals surface area contributed by atoms with Crippen LogP contribution < -0.4 is 5.32 Å². The molecule has 1 saturated heterocycles. The molecule has 0 spiro atoms. The fourth-order valence-electron chi connectivity index (χ4n) is 3.52. The Labute approximate surface area is 127 Å². The summed E-state index contributed by atoms with van der Waals surface area (Å²) in [6.07, 6.45) is 6.26. The van der Waals surface area contributed by atoms with E-state index in [4.69, 9.17) is 4.74 Å². The van der Waals surface area contributed by atoms with E-state index >= 15 is 0 Å². The number of amides is 1. The summed E-state index contributed by atoms with van der Waals surface area (Å²) in [6.45, 7) is 5.97. The van der Waals surface area contributed by atoms with Crippen molar-refractivity contribution in [1.29, 1.82) is 5.26 Å². The number of carbonyl (C=O) groups is 1. The number of nitrogens with one attached hydrogen (secondary N) is 1. The molecule has 0 aromatic carbocycles. The van der Waals surface area contributed by atoms with Crippen molar-refractivity contribution in [2.45, 2.75) is 70.1 Å². The van der Waals surface area contributed by atoms with Crippen molar-refractivity contribution in [3.8, 4) is 6.07 Å². The summed E-state index contributed by atoms with van der Waals surface area (Å²) in [6, 6.07) is 2.37. The molecule has 1 saturated carbocycles. The fraction of sp³-hybridized carbons (Fsp3) is 0.875. The normalized spacial score (nSPS) is 30.1. The molecule has 2 fully saturated rings. The summed E-state index contributed by atoms with van der Waals surface area (Å²) in [4.78, 5) is 14.4. The second kappa shape index (κ2) is 7.24. The van der Waals surface area contributed by atoms with Gasteiger partial charge in [0, 0.05) is 13.1 Å². The molecule has 0 radical (unpaired) electrons. The van der Waals surface area contributed by atoms with Crippen LogP contribution in [0.25, 0.3) is 0 Å². The van der Waals surface area contributed by atoms with Crippen LogP contribution in [0.1, 0.15) is 52.4 Å². The summed E-state index contributed by atoms with van der Waals surface area (Å²) < 4.78 is 5.68. The molecule has 0 aromatic heterocycles. The molecule has 2 aliphatic rings. The van der Waals surface area contributed by atoms with Crippen LogP contribution in [0.2, 0.25) is 0 Å². The summed E-state index contributed by atoms with van der Waals surface area (Å²) >= 11 is 0. The first-order valence-electron chi connectivity index (χ1n) is 8.13. The van der Waals surface area contributed by atoms with E-state index in [0.717, 1.165) is 51.6 Å². The van der Waals surface area contributed by atoms with Gasteiger partial charge < -0.3 is 10.1 Å². The maximum Gasteiger partial charge on any atom is 0.235 e. The van der Waals surface area contributed by atoms with E-state index in [1.807, 2.05) is 13.8 Å². The summed E-state index contributed by atoms with van der Waals surface area (Å²) in [7, 11) is 0. The van der Waals surface area contributed by atoms with Gasteiger partial charge in [-0.1, -0.05) is 25.7 Å². The maximum atomic E-state index is 12.3. The molecule has 5 heteroatoms. The standard InChI is InChI=1S/C16H27N3O2/c1-13-9-19(10-14(2)21-13)11-15(20)18-16(12-17)7-5-3-4-6-8-16/h13-14H,3-11H2,1-2H3,(H,18,20). The average Bonchev–Trinajstić information content (AvgIpc) is 2.63. The van der Waals surface area contributed by atoms with Crippen LogP contribution in [-0.4, -0.2) is 48.2 Å². The minimum absolute atomic E-state index is 0.0280. The summed E-state index contributed by atoms with van der Waals surface area (Å²) in [5.74, 6) is -0.0280. The lowest BCUT2D eigenvalue weighted by molar-refractivity contribution is -0.127. The molecule has 5 nitrogen and oxygen atoms in total. The minimum atomic E-state index is -0.642. The highest BCUT2D eigenvalue weighted by atomic mass is 16.5. The van der Waals surface area contributed by atoms with Crippen LogP contribution in [0.15, 0.2) is 0 Å². The van der Waals surface area contributed by atoms with Crippen LogP contribution in [0.5, 0.6) is 0 Å². The van der Waals surface area contributed by atoms with E-state index in [1.165, 1.54) is 0 Å². The summed E-state index contributed by atoms with van der Waals surface area (Å²) in [5.41, 5.74) is -0.642. The number of morpholine rings is 1. The number of rotatable bonds is 3. The van der Waals surface area contributed by atoms with Gasteiger partial charge in [0.15, 0.2) is 0 Å². The van der Waals surface area contributed by atoms with E-state index in [9.17, 15) is 10.1 Å². The third-order valence-corrected chi connectivity index (χ3v) is 4.41. The SMILES string of the molecule is CC1CN(CC(=O)NC2(C#N)CCCCCC2)CC(C)O1. The van der Waals surface area contributed by atoms with Crippen molar-refractivity contribution >= 4 is 5.91 Å². The van der Waals surface area contributed by atoms with Gasteiger partial charge in [0.25, 0.3) is 0 Å². The van der Waals surface area contributed by atoms with Gasteiger partial charge >= 0.3 is 0 Å². The molecular weight excluding hydrogens is 266 g/mol. The fourth-order valence-corrected chi connectivity index (χ4v) is 3.52. The van der Waals surface area contributed by atoms with E-state index in [2.05, 4.69) is 16.3 Å². The Morgan fingerprint density at radius 1 is 1.24 bits per heavy atom. The Bertz CT molecular complexity index is 387. The molecule has 2 unspecified atom stereocenters. The van der Waals surface area contributed by atoms with Crippen LogP contribution in [-0.2, 0) is 9.53 Å². The van der Waals surface area contributed by atoms with Gasteiger partial charge in [0.1, 0.15) is 5.54 Å². The Kier molecular flexibility index (Phi) is 5.60. The van der Waals surface area contributed by atoms with Crippen molar-refractivity contribution in [3.63, 3.8) is 0 Å². The molecule has 1 N–H and O–H groups in total. The van der Waals surface area contributed by atoms with Gasteiger partial charge in [0.2, 0.25) is 5.91 Å². The van der Waals surface area contributed by atoms with Crippen LogP contribution >= 0.6 is 0 Å². The molecule has 0 aromatic rings. The first kappa shape index (κ1) is 16.3. The predicted molar refractivity (Wildman–Crippen MR) is 80.6 cm³/mol. The highest BCUT2D eigenvalue weighted by Gasteiger charge is 2.33. The molecule has 21 heavy (non-hydrogen) atoms. The largest absolute Gasteiger partial charge is 0.373 e. The van der Waals surface area contributed by atoms with E-state index in [-0.39, 0.29) is 18.1 Å². The molecule has 1 heterocycles. The third kappa shape index (κ3) is 4.69. The van der Waals surface area contributed by atoms with Crippen molar-refractivity contribution < 1.29 is 9.53 Å². The predicted octanol–water partition coefficient (Wildman–Crippen LogP) is 1.83. The van der Waals surface area contributed by atoms with Crippen LogP contribution in [0, 0.1) is 11.3 Å². The number of nitrogens with zero attached hydrogens (tertiary/aromatic N) is 2. The van der Waals surface area contributed by atoms with Crippen LogP contribution in [0.3, 0.4) is 0 Å². The van der Waals surface area contributed by atoms with Gasteiger partial charge in [-0.15, -0.1) is 0 Å². The smallest absolute Gasteiger partial charge is 0.235 e. The van der Waals surface area contributed by atoms with Crippen molar-refractivity contribution in [1.82, 2.24) is 10.2 Å². The number of hydrogen-bond donors (Lipinski definition) is 1. The molecule has 1 aliphatic heterocycles. The van der Waals surface area contributed by atoms with E-state index in [1.54, 1.807) is 0 Å². The Morgan fingerprint density at radius 3 is 2.33 bits per heavy atom. The average molecular weight is 293 g/mol. The Morgan fingerprint density at radius 2 is 1.81 bits per heavy atom. The molecule has 1 aliphatic carbocycles. The van der Waals surface area contributed by atoms with Crippen molar-refractivity contribution in [3.05, 3.63) is 0 Å². The zero-order chi connectivity index (χ0) is 15.3. The second-order valence-corrected chi connectivity index (χ2v) is 6.61. The van der Waals surface area contributed by atoms with Gasteiger partial charge in [0.05, 0.1) is 24.8 Å². The van der Waals surface area contributed by atoms with Gasteiger partial charge in [-0.2, -0.15) is 5.26 Å². The van der Waals surface area contributed by atoms with Crippen molar-refractivity contribution in [2.75, 3.05) is 19.6 Å². The van der Waals surface area contributed by atoms with Gasteiger partial charge in [-0.25, -0.2) is 0 Å². The second-order valence-electron chi connectivity index (χ2n) is 6.61. The number of ether oxygens (including phenoxy) is 1. The maximum absolute atomic E-state index is 12.3. The molecule has 2 rings (SSSR count). The molecule has 2 atom stereocenters. The lowest BCUT2D eigenvalue weighted by atomic mass is 9.92. The summed E-state index contributed by atoms with van der Waals surface area (Å²) in [5, 5.41) is 12.5. The molecular formula is C16H27N3O2. The Balaban J connectivity index is 1.89. The number of carbonyl (C=O) groups excluding carboxylic acids is 1. The molecule has 118 valence electrons. The van der Waals surface area contributed by atoms with Gasteiger partial charge in [-0.3, -0.25) is 9.69 Å². The van der Waals surface area contributed by atoms with Crippen LogP contribution in [0.4, 0.5) is 0 Å². The molecule has 1 amide bonds. The highest BCUT2D eigenvalue weighted by Crippen LogP contribution is 2.26. The van der Waals surface area contributed by atoms with Gasteiger partial charge in [-0.05, 0) is 26.7 Å². The third-order valence-electron chi connectivity index (χ3n) is 4.41. The highest BCUT2D eigenvalue weighted by molar-refractivity contribution is 5.79. The first-order chi connectivity index (χ1) is 10.0. The quantitative estimate of drug-likeness (QED) is 0.806. The zero-order valence-corrected chi connectivity index (χ0v) is 13.2. The zero-order valence-electron chi connectivity index (χ0n) is 13.2. The minimum Gasteiger partial charge on any atom is -0.373 e.